The molecule has 0 bridgehead atoms. The van der Waals surface area contributed by atoms with Gasteiger partial charge in [0.25, 0.3) is 0 Å². The lowest BCUT2D eigenvalue weighted by Gasteiger charge is -2.23. The van der Waals surface area contributed by atoms with E-state index < -0.39 is 11.4 Å². The molecular weight excluding hydrogens is 220 g/mol. The molecule has 4 nitrogen and oxygen atoms in total. The summed E-state index contributed by atoms with van der Waals surface area (Å²) in [6, 6.07) is 0. The first-order chi connectivity index (χ1) is 7.73. The second kappa shape index (κ2) is 6.74. The molecule has 0 aromatic heterocycles. The molecule has 0 heterocycles. The summed E-state index contributed by atoms with van der Waals surface area (Å²) in [5.74, 6) is -0.400. The highest BCUT2D eigenvalue weighted by Crippen LogP contribution is 2.19. The van der Waals surface area contributed by atoms with Gasteiger partial charge in [0.05, 0.1) is 12.7 Å². The fraction of sp³-hybridized carbons (Fsp3) is 0.846. The molecule has 0 fully saturated rings. The number of esters is 1. The lowest BCUT2D eigenvalue weighted by molar-refractivity contribution is -0.160. The number of ether oxygens (including phenoxy) is 2. The molecule has 100 valence electrons. The van der Waals surface area contributed by atoms with Gasteiger partial charge in [-0.1, -0.05) is 13.8 Å². The van der Waals surface area contributed by atoms with Crippen molar-refractivity contribution in [3.63, 3.8) is 0 Å². The second-order valence-electron chi connectivity index (χ2n) is 5.03. The van der Waals surface area contributed by atoms with Crippen LogP contribution in [-0.2, 0) is 19.1 Å². The smallest absolute Gasteiger partial charge is 0.319 e. The molecule has 1 unspecified atom stereocenters. The Morgan fingerprint density at radius 1 is 1.18 bits per heavy atom. The quantitative estimate of drug-likeness (QED) is 0.509. The van der Waals surface area contributed by atoms with Crippen LogP contribution in [0.4, 0.5) is 0 Å². The van der Waals surface area contributed by atoms with Crippen molar-refractivity contribution in [2.45, 2.75) is 47.6 Å². The topological polar surface area (TPSA) is 52.6 Å². The predicted octanol–water partition coefficient (Wildman–Crippen LogP) is 2.21. The number of hydrogen-bond donors (Lipinski definition) is 0. The molecule has 0 aromatic carbocycles. The third-order valence-corrected chi connectivity index (χ3v) is 2.90. The average molecular weight is 244 g/mol. The van der Waals surface area contributed by atoms with Crippen LogP contribution < -0.4 is 0 Å². The van der Waals surface area contributed by atoms with E-state index in [9.17, 15) is 9.59 Å². The minimum atomic E-state index is -1.13. The van der Waals surface area contributed by atoms with Gasteiger partial charge in [-0.25, -0.2) is 0 Å². The van der Waals surface area contributed by atoms with Crippen molar-refractivity contribution in [2.75, 3.05) is 13.2 Å². The fourth-order valence-electron chi connectivity index (χ4n) is 1.01. The van der Waals surface area contributed by atoms with Gasteiger partial charge in [-0.2, -0.15) is 0 Å². The molecule has 0 radical (unpaired) electrons. The standard InChI is InChI=1S/C13H24O4/c1-7-16-12(15)13(5,6)11(14)8-17-10(4)9(2)3/h9-10H,7-8H2,1-6H3. The van der Waals surface area contributed by atoms with Crippen molar-refractivity contribution >= 4 is 11.8 Å². The molecule has 1 atom stereocenters. The van der Waals surface area contributed by atoms with Crippen LogP contribution in [0.5, 0.6) is 0 Å². The van der Waals surface area contributed by atoms with Crippen molar-refractivity contribution in [1.29, 1.82) is 0 Å². The maximum absolute atomic E-state index is 11.9. The van der Waals surface area contributed by atoms with E-state index in [1.807, 2.05) is 20.8 Å². The molecule has 0 amide bonds. The van der Waals surface area contributed by atoms with Gasteiger partial charge in [0, 0.05) is 0 Å². The number of ketones is 1. The Bertz CT molecular complexity index is 269. The Morgan fingerprint density at radius 2 is 1.71 bits per heavy atom. The van der Waals surface area contributed by atoms with Crippen molar-refractivity contribution in [2.24, 2.45) is 11.3 Å². The first-order valence-corrected chi connectivity index (χ1v) is 6.05. The molecule has 4 heteroatoms. The molecule has 0 aliphatic heterocycles. The fourth-order valence-corrected chi connectivity index (χ4v) is 1.01. The molecule has 0 N–H and O–H groups in total. The molecule has 0 aliphatic rings. The van der Waals surface area contributed by atoms with Crippen LogP contribution in [0.25, 0.3) is 0 Å². The zero-order chi connectivity index (χ0) is 13.6. The third kappa shape index (κ3) is 4.86. The summed E-state index contributed by atoms with van der Waals surface area (Å²) < 4.78 is 10.3. The van der Waals surface area contributed by atoms with E-state index in [1.54, 1.807) is 20.8 Å². The number of Topliss-reactive ketones (excluding diaryl/α,β-unsaturated/α-hetero) is 1. The minimum absolute atomic E-state index is 0.00283. The van der Waals surface area contributed by atoms with Crippen LogP contribution in [0.2, 0.25) is 0 Å². The molecule has 0 aromatic rings. The molecule has 17 heavy (non-hydrogen) atoms. The van der Waals surface area contributed by atoms with E-state index in [1.165, 1.54) is 0 Å². The van der Waals surface area contributed by atoms with Crippen LogP contribution in [0.1, 0.15) is 41.5 Å². The Labute approximate surface area is 104 Å². The van der Waals surface area contributed by atoms with Crippen LogP contribution in [0.3, 0.4) is 0 Å². The van der Waals surface area contributed by atoms with E-state index in [2.05, 4.69) is 0 Å². The highest BCUT2D eigenvalue weighted by Gasteiger charge is 2.37. The monoisotopic (exact) mass is 244 g/mol. The van der Waals surface area contributed by atoms with E-state index in [-0.39, 0.29) is 25.1 Å². The first kappa shape index (κ1) is 16.1. The molecule has 0 aliphatic carbocycles. The summed E-state index contributed by atoms with van der Waals surface area (Å²) in [5.41, 5.74) is -1.13. The lowest BCUT2D eigenvalue weighted by Crippen LogP contribution is -2.38. The molecule has 0 saturated carbocycles. The number of hydrogen-bond acceptors (Lipinski definition) is 4. The lowest BCUT2D eigenvalue weighted by atomic mass is 9.88. The molecule has 0 spiro atoms. The maximum Gasteiger partial charge on any atom is 0.319 e. The van der Waals surface area contributed by atoms with Gasteiger partial charge in [0.1, 0.15) is 12.0 Å². The summed E-state index contributed by atoms with van der Waals surface area (Å²) in [6.07, 6.45) is -0.00283. The summed E-state index contributed by atoms with van der Waals surface area (Å²) in [4.78, 5) is 23.5. The van der Waals surface area contributed by atoms with Gasteiger partial charge < -0.3 is 9.47 Å². The number of rotatable bonds is 7. The van der Waals surface area contributed by atoms with Gasteiger partial charge in [0.2, 0.25) is 0 Å². The van der Waals surface area contributed by atoms with Crippen molar-refractivity contribution in [1.82, 2.24) is 0 Å². The van der Waals surface area contributed by atoms with Gasteiger partial charge in [-0.05, 0) is 33.6 Å². The van der Waals surface area contributed by atoms with Crippen LogP contribution in [0, 0.1) is 11.3 Å². The molecular formula is C13H24O4. The summed E-state index contributed by atoms with van der Waals surface area (Å²) >= 11 is 0. The normalized spacial score (nSPS) is 13.6. The largest absolute Gasteiger partial charge is 0.465 e. The summed E-state index contributed by atoms with van der Waals surface area (Å²) in [6.45, 7) is 11.0. The SMILES string of the molecule is CCOC(=O)C(C)(C)C(=O)COC(C)C(C)C. The maximum atomic E-state index is 11.9. The summed E-state index contributed by atoms with van der Waals surface area (Å²) in [7, 11) is 0. The van der Waals surface area contributed by atoms with E-state index in [0.29, 0.717) is 5.92 Å². The highest BCUT2D eigenvalue weighted by atomic mass is 16.5. The summed E-state index contributed by atoms with van der Waals surface area (Å²) in [5, 5.41) is 0. The van der Waals surface area contributed by atoms with Crippen molar-refractivity contribution in [3.05, 3.63) is 0 Å². The number of carbonyl (C=O) groups is 2. The Kier molecular flexibility index (Phi) is 6.39. The highest BCUT2D eigenvalue weighted by molar-refractivity contribution is 6.03. The zero-order valence-electron chi connectivity index (χ0n) is 11.7. The Hall–Kier alpha value is -0.900. The van der Waals surface area contributed by atoms with Gasteiger partial charge in [-0.15, -0.1) is 0 Å². The molecule has 0 rings (SSSR count). The van der Waals surface area contributed by atoms with E-state index in [0.717, 1.165) is 0 Å². The van der Waals surface area contributed by atoms with Gasteiger partial charge in [-0.3, -0.25) is 9.59 Å². The Morgan fingerprint density at radius 3 is 2.12 bits per heavy atom. The zero-order valence-corrected chi connectivity index (χ0v) is 11.7. The third-order valence-electron chi connectivity index (χ3n) is 2.90. The number of carbonyl (C=O) groups excluding carboxylic acids is 2. The van der Waals surface area contributed by atoms with Crippen molar-refractivity contribution in [3.8, 4) is 0 Å². The predicted molar refractivity (Wildman–Crippen MR) is 65.7 cm³/mol. The van der Waals surface area contributed by atoms with Crippen molar-refractivity contribution < 1.29 is 19.1 Å². The minimum Gasteiger partial charge on any atom is -0.465 e. The van der Waals surface area contributed by atoms with Crippen LogP contribution in [-0.4, -0.2) is 31.1 Å². The average Bonchev–Trinajstić information content (AvgIpc) is 2.25. The van der Waals surface area contributed by atoms with Crippen LogP contribution >= 0.6 is 0 Å². The Balaban J connectivity index is 4.34. The second-order valence-corrected chi connectivity index (χ2v) is 5.03. The molecule has 0 saturated heterocycles. The van der Waals surface area contributed by atoms with E-state index >= 15 is 0 Å². The first-order valence-electron chi connectivity index (χ1n) is 6.05. The van der Waals surface area contributed by atoms with E-state index in [4.69, 9.17) is 9.47 Å². The van der Waals surface area contributed by atoms with Crippen LogP contribution in [0.15, 0.2) is 0 Å². The van der Waals surface area contributed by atoms with Gasteiger partial charge >= 0.3 is 5.97 Å². The van der Waals surface area contributed by atoms with Gasteiger partial charge in [0.15, 0.2) is 5.78 Å².